The van der Waals surface area contributed by atoms with E-state index >= 15 is 0 Å². The summed E-state index contributed by atoms with van der Waals surface area (Å²) >= 11 is 0. The highest BCUT2D eigenvalue weighted by molar-refractivity contribution is 5.42. The lowest BCUT2D eigenvalue weighted by Gasteiger charge is -2.42. The molecule has 2 aromatic rings. The molecule has 0 spiro atoms. The number of nitrogens with zero attached hydrogens (tertiary/aromatic N) is 1. The van der Waals surface area contributed by atoms with Crippen molar-refractivity contribution in [3.63, 3.8) is 0 Å². The van der Waals surface area contributed by atoms with E-state index in [-0.39, 0.29) is 11.7 Å². The van der Waals surface area contributed by atoms with Crippen LogP contribution in [0.4, 0.5) is 0 Å². The Labute approximate surface area is 166 Å². The first-order chi connectivity index (χ1) is 13.5. The van der Waals surface area contributed by atoms with E-state index in [0.717, 1.165) is 55.8 Å². The van der Waals surface area contributed by atoms with Crippen LogP contribution in [0.5, 0.6) is 17.2 Å². The Bertz CT molecular complexity index is 839. The average Bonchev–Trinajstić information content (AvgIpc) is 3.13. The van der Waals surface area contributed by atoms with Crippen LogP contribution in [0.2, 0.25) is 0 Å². The SMILES string of the molecule is COc1cc(CN2C[C@@H]3CCC[C@@](O)(c4ccccc4OC)[C@@H]3C2)ccc1O. The van der Waals surface area contributed by atoms with Gasteiger partial charge in [0.1, 0.15) is 5.75 Å². The van der Waals surface area contributed by atoms with Gasteiger partial charge >= 0.3 is 0 Å². The van der Waals surface area contributed by atoms with Gasteiger partial charge in [-0.2, -0.15) is 0 Å². The van der Waals surface area contributed by atoms with E-state index in [9.17, 15) is 10.2 Å². The Kier molecular flexibility index (Phi) is 5.21. The first-order valence-electron chi connectivity index (χ1n) is 9.99. The summed E-state index contributed by atoms with van der Waals surface area (Å²) in [6, 6.07) is 13.4. The normalized spacial score (nSPS) is 27.4. The van der Waals surface area contributed by atoms with Crippen molar-refractivity contribution in [1.82, 2.24) is 4.90 Å². The molecule has 28 heavy (non-hydrogen) atoms. The van der Waals surface area contributed by atoms with Crippen molar-refractivity contribution in [1.29, 1.82) is 0 Å². The predicted octanol–water partition coefficient (Wildman–Crippen LogP) is 3.53. The number of likely N-dealkylation sites (tertiary alicyclic amines) is 1. The van der Waals surface area contributed by atoms with Crippen LogP contribution in [0.1, 0.15) is 30.4 Å². The van der Waals surface area contributed by atoms with E-state index in [2.05, 4.69) is 4.90 Å². The molecule has 0 amide bonds. The fraction of sp³-hybridized carbons (Fsp3) is 0.478. The number of ether oxygens (including phenoxy) is 2. The van der Waals surface area contributed by atoms with Gasteiger partial charge < -0.3 is 19.7 Å². The Morgan fingerprint density at radius 2 is 1.86 bits per heavy atom. The van der Waals surface area contributed by atoms with Crippen molar-refractivity contribution >= 4 is 0 Å². The molecular formula is C23H29NO4. The number of rotatable bonds is 5. The number of para-hydroxylation sites is 1. The van der Waals surface area contributed by atoms with Crippen molar-refractivity contribution in [3.05, 3.63) is 53.6 Å². The molecule has 1 heterocycles. The predicted molar refractivity (Wildman–Crippen MR) is 108 cm³/mol. The summed E-state index contributed by atoms with van der Waals surface area (Å²) in [6.45, 7) is 2.61. The van der Waals surface area contributed by atoms with Crippen molar-refractivity contribution in [2.75, 3.05) is 27.3 Å². The quantitative estimate of drug-likeness (QED) is 0.827. The first-order valence-corrected chi connectivity index (χ1v) is 9.99. The van der Waals surface area contributed by atoms with Gasteiger partial charge in [0.05, 0.1) is 19.8 Å². The third-order valence-corrected chi connectivity index (χ3v) is 6.49. The van der Waals surface area contributed by atoms with Crippen LogP contribution in [0.15, 0.2) is 42.5 Å². The molecule has 1 aliphatic heterocycles. The van der Waals surface area contributed by atoms with Crippen LogP contribution in [0.3, 0.4) is 0 Å². The van der Waals surface area contributed by atoms with Crippen LogP contribution in [-0.2, 0) is 12.1 Å². The summed E-state index contributed by atoms with van der Waals surface area (Å²) in [6.07, 6.45) is 2.95. The third-order valence-electron chi connectivity index (χ3n) is 6.49. The van der Waals surface area contributed by atoms with Gasteiger partial charge in [-0.25, -0.2) is 0 Å². The molecule has 150 valence electrons. The van der Waals surface area contributed by atoms with Crippen molar-refractivity contribution in [3.8, 4) is 17.2 Å². The minimum Gasteiger partial charge on any atom is -0.504 e. The molecular weight excluding hydrogens is 354 g/mol. The molecule has 1 saturated carbocycles. The molecule has 0 unspecified atom stereocenters. The summed E-state index contributed by atoms with van der Waals surface area (Å²) in [5.74, 6) is 2.10. The molecule has 2 N–H and O–H groups in total. The lowest BCUT2D eigenvalue weighted by Crippen LogP contribution is -2.43. The monoisotopic (exact) mass is 383 g/mol. The maximum Gasteiger partial charge on any atom is 0.160 e. The number of phenolic OH excluding ortho intramolecular Hbond substituents is 1. The van der Waals surface area contributed by atoms with Gasteiger partial charge in [-0.05, 0) is 48.9 Å². The number of benzene rings is 2. The zero-order valence-electron chi connectivity index (χ0n) is 16.6. The van der Waals surface area contributed by atoms with Gasteiger partial charge in [0.2, 0.25) is 0 Å². The van der Waals surface area contributed by atoms with E-state index in [1.807, 2.05) is 36.4 Å². The van der Waals surface area contributed by atoms with Gasteiger partial charge in [-0.15, -0.1) is 0 Å². The molecule has 4 rings (SSSR count). The molecule has 1 aliphatic carbocycles. The van der Waals surface area contributed by atoms with Crippen molar-refractivity contribution in [2.24, 2.45) is 11.8 Å². The Hall–Kier alpha value is -2.24. The number of hydrogen-bond acceptors (Lipinski definition) is 5. The molecule has 0 radical (unpaired) electrons. The Morgan fingerprint density at radius 1 is 1.07 bits per heavy atom. The lowest BCUT2D eigenvalue weighted by molar-refractivity contribution is -0.0662. The fourth-order valence-corrected chi connectivity index (χ4v) is 5.16. The molecule has 5 nitrogen and oxygen atoms in total. The van der Waals surface area contributed by atoms with Gasteiger partial charge in [-0.1, -0.05) is 24.3 Å². The van der Waals surface area contributed by atoms with Gasteiger partial charge in [0.15, 0.2) is 11.5 Å². The molecule has 2 aliphatic rings. The topological polar surface area (TPSA) is 62.2 Å². The second-order valence-corrected chi connectivity index (χ2v) is 8.08. The second-order valence-electron chi connectivity index (χ2n) is 8.08. The van der Waals surface area contributed by atoms with Crippen LogP contribution in [0.25, 0.3) is 0 Å². The number of fused-ring (bicyclic) bond motifs is 1. The largest absolute Gasteiger partial charge is 0.504 e. The third kappa shape index (κ3) is 3.33. The average molecular weight is 383 g/mol. The second kappa shape index (κ2) is 7.64. The Morgan fingerprint density at radius 3 is 2.64 bits per heavy atom. The molecule has 1 saturated heterocycles. The maximum atomic E-state index is 11.8. The standard InChI is InChI=1S/C23H29NO4/c1-27-21-8-4-3-7-18(21)23(26)11-5-6-17-14-24(15-19(17)23)13-16-9-10-20(25)22(12-16)28-2/h3-4,7-10,12,17,19,25-26H,5-6,11,13-15H2,1-2H3/t17-,19+,23+/m0/s1. The molecule has 3 atom stereocenters. The number of aromatic hydroxyl groups is 1. The van der Waals surface area contributed by atoms with Gasteiger partial charge in [-0.3, -0.25) is 4.90 Å². The molecule has 0 bridgehead atoms. The van der Waals surface area contributed by atoms with Crippen LogP contribution >= 0.6 is 0 Å². The maximum absolute atomic E-state index is 11.8. The van der Waals surface area contributed by atoms with Gasteiger partial charge in [0.25, 0.3) is 0 Å². The van der Waals surface area contributed by atoms with E-state index in [0.29, 0.717) is 11.7 Å². The molecule has 2 aromatic carbocycles. The molecule has 2 fully saturated rings. The minimum atomic E-state index is -0.850. The smallest absolute Gasteiger partial charge is 0.160 e. The van der Waals surface area contributed by atoms with Crippen molar-refractivity contribution < 1.29 is 19.7 Å². The first kappa shape index (κ1) is 19.1. The lowest BCUT2D eigenvalue weighted by atomic mass is 9.67. The summed E-state index contributed by atoms with van der Waals surface area (Å²) in [5.41, 5.74) is 1.17. The number of phenols is 1. The summed E-state index contributed by atoms with van der Waals surface area (Å²) in [5, 5.41) is 21.6. The summed E-state index contributed by atoms with van der Waals surface area (Å²) in [7, 11) is 3.23. The van der Waals surface area contributed by atoms with Crippen LogP contribution in [0, 0.1) is 11.8 Å². The van der Waals surface area contributed by atoms with E-state index in [4.69, 9.17) is 9.47 Å². The fourth-order valence-electron chi connectivity index (χ4n) is 5.16. The zero-order valence-corrected chi connectivity index (χ0v) is 16.6. The van der Waals surface area contributed by atoms with E-state index in [1.165, 1.54) is 0 Å². The van der Waals surface area contributed by atoms with Crippen LogP contribution < -0.4 is 9.47 Å². The van der Waals surface area contributed by atoms with Crippen LogP contribution in [-0.4, -0.2) is 42.4 Å². The number of hydrogen-bond donors (Lipinski definition) is 2. The molecule has 0 aromatic heterocycles. The van der Waals surface area contributed by atoms with E-state index in [1.54, 1.807) is 20.3 Å². The minimum absolute atomic E-state index is 0.159. The van der Waals surface area contributed by atoms with Crippen molar-refractivity contribution in [2.45, 2.75) is 31.4 Å². The highest BCUT2D eigenvalue weighted by Gasteiger charge is 2.50. The van der Waals surface area contributed by atoms with E-state index < -0.39 is 5.60 Å². The highest BCUT2D eigenvalue weighted by atomic mass is 16.5. The summed E-state index contributed by atoms with van der Waals surface area (Å²) < 4.78 is 10.8. The Balaban J connectivity index is 1.56. The summed E-state index contributed by atoms with van der Waals surface area (Å²) in [4.78, 5) is 2.41. The van der Waals surface area contributed by atoms with Gasteiger partial charge in [0, 0.05) is 31.1 Å². The number of methoxy groups -OCH3 is 2. The number of aliphatic hydroxyl groups is 1. The highest BCUT2D eigenvalue weighted by Crippen LogP contribution is 2.50. The zero-order chi connectivity index (χ0) is 19.7. The molecule has 5 heteroatoms.